The highest BCUT2D eigenvalue weighted by Crippen LogP contribution is 2.24. The monoisotopic (exact) mass is 197 g/mol. The highest BCUT2D eigenvalue weighted by atomic mass is 19.4. The zero-order valence-electron chi connectivity index (χ0n) is 6.58. The molecule has 0 saturated heterocycles. The molecule has 0 spiro atoms. The molecule has 0 rings (SSSR count). The fourth-order valence-corrected chi connectivity index (χ4v) is 0.519. The van der Waals surface area contributed by atoms with Crippen molar-refractivity contribution in [1.29, 1.82) is 0 Å². The summed E-state index contributed by atoms with van der Waals surface area (Å²) in [4.78, 5) is 12.5. The molecule has 0 saturated carbocycles. The maximum atomic E-state index is 11.9. The SMILES string of the molecule is CCOC(=O)C(N=[N+]=[N-])C(F)(F)F. The number of halogens is 3. The number of hydrogen-bond acceptors (Lipinski definition) is 3. The Labute approximate surface area is 71.1 Å². The maximum Gasteiger partial charge on any atom is 0.408 e. The van der Waals surface area contributed by atoms with Crippen LogP contribution in [0.5, 0.6) is 0 Å². The molecule has 1 atom stereocenters. The number of ether oxygens (including phenoxy) is 1. The summed E-state index contributed by atoms with van der Waals surface area (Å²) in [5.41, 5.74) is 7.77. The summed E-state index contributed by atoms with van der Waals surface area (Å²) in [5, 5.41) is 2.29. The smallest absolute Gasteiger partial charge is 0.408 e. The number of azide groups is 1. The van der Waals surface area contributed by atoms with Crippen LogP contribution in [0, 0.1) is 0 Å². The first-order valence-electron chi connectivity index (χ1n) is 3.21. The summed E-state index contributed by atoms with van der Waals surface area (Å²) < 4.78 is 39.8. The van der Waals surface area contributed by atoms with E-state index < -0.39 is 18.2 Å². The Kier molecular flexibility index (Phi) is 4.06. The number of carbonyl (C=O) groups excluding carboxylic acids is 1. The van der Waals surface area contributed by atoms with E-state index in [0.717, 1.165) is 0 Å². The quantitative estimate of drug-likeness (QED) is 0.299. The molecule has 0 amide bonds. The summed E-state index contributed by atoms with van der Waals surface area (Å²) in [6, 6.07) is -2.75. The third kappa shape index (κ3) is 3.66. The molecule has 0 aromatic heterocycles. The van der Waals surface area contributed by atoms with E-state index in [1.807, 2.05) is 4.91 Å². The van der Waals surface area contributed by atoms with Gasteiger partial charge in [-0.1, -0.05) is 5.11 Å². The van der Waals surface area contributed by atoms with Gasteiger partial charge in [-0.15, -0.1) is 0 Å². The fourth-order valence-electron chi connectivity index (χ4n) is 0.519. The molecule has 5 nitrogen and oxygen atoms in total. The largest absolute Gasteiger partial charge is 0.465 e. The van der Waals surface area contributed by atoms with Gasteiger partial charge in [0.25, 0.3) is 0 Å². The molecule has 0 bridgehead atoms. The summed E-state index contributed by atoms with van der Waals surface area (Å²) >= 11 is 0. The second kappa shape index (κ2) is 4.56. The van der Waals surface area contributed by atoms with Crippen molar-refractivity contribution in [2.75, 3.05) is 6.61 Å². The topological polar surface area (TPSA) is 75.1 Å². The average Bonchev–Trinajstić information content (AvgIpc) is 1.98. The Balaban J connectivity index is 4.61. The lowest BCUT2D eigenvalue weighted by Gasteiger charge is -2.12. The molecule has 0 aromatic rings. The van der Waals surface area contributed by atoms with Crippen LogP contribution in [0.25, 0.3) is 10.4 Å². The van der Waals surface area contributed by atoms with Crippen molar-refractivity contribution in [1.82, 2.24) is 0 Å². The van der Waals surface area contributed by atoms with Crippen molar-refractivity contribution in [3.63, 3.8) is 0 Å². The Morgan fingerprint density at radius 1 is 1.69 bits per heavy atom. The lowest BCUT2D eigenvalue weighted by Crippen LogP contribution is -2.35. The van der Waals surface area contributed by atoms with E-state index in [-0.39, 0.29) is 6.61 Å². The van der Waals surface area contributed by atoms with Gasteiger partial charge in [-0.2, -0.15) is 13.2 Å². The first-order chi connectivity index (χ1) is 5.93. The van der Waals surface area contributed by atoms with Gasteiger partial charge in [-0.05, 0) is 12.5 Å². The van der Waals surface area contributed by atoms with Crippen LogP contribution in [0.1, 0.15) is 6.92 Å². The van der Waals surface area contributed by atoms with Crippen molar-refractivity contribution in [3.8, 4) is 0 Å². The van der Waals surface area contributed by atoms with Crippen molar-refractivity contribution in [3.05, 3.63) is 10.4 Å². The van der Waals surface area contributed by atoms with Gasteiger partial charge in [0.05, 0.1) is 6.61 Å². The molecule has 0 aromatic carbocycles. The second-order valence-corrected chi connectivity index (χ2v) is 1.90. The normalized spacial score (nSPS) is 12.9. The van der Waals surface area contributed by atoms with Crippen molar-refractivity contribution < 1.29 is 22.7 Å². The standard InChI is InChI=1S/C5H6F3N3O2/c1-2-13-4(12)3(10-11-9)5(6,7)8/h3H,2H2,1H3. The van der Waals surface area contributed by atoms with E-state index >= 15 is 0 Å². The molecular formula is C5H6F3N3O2. The van der Waals surface area contributed by atoms with E-state index in [1.165, 1.54) is 6.92 Å². The number of hydrogen-bond donors (Lipinski definition) is 0. The Hall–Kier alpha value is -1.43. The number of alkyl halides is 3. The Morgan fingerprint density at radius 3 is 2.54 bits per heavy atom. The minimum atomic E-state index is -4.90. The highest BCUT2D eigenvalue weighted by molar-refractivity contribution is 5.76. The van der Waals surface area contributed by atoms with Crippen LogP contribution in [0.2, 0.25) is 0 Å². The molecule has 0 aliphatic heterocycles. The second-order valence-electron chi connectivity index (χ2n) is 1.90. The van der Waals surface area contributed by atoms with Crippen LogP contribution in [-0.4, -0.2) is 24.8 Å². The van der Waals surface area contributed by atoms with Crippen LogP contribution < -0.4 is 0 Å². The molecule has 0 radical (unpaired) electrons. The van der Waals surface area contributed by atoms with E-state index in [1.54, 1.807) is 0 Å². The van der Waals surface area contributed by atoms with E-state index in [4.69, 9.17) is 5.53 Å². The Bertz CT molecular complexity index is 234. The molecule has 13 heavy (non-hydrogen) atoms. The third-order valence-corrected chi connectivity index (χ3v) is 0.987. The molecule has 0 N–H and O–H groups in total. The number of rotatable bonds is 3. The van der Waals surface area contributed by atoms with Gasteiger partial charge < -0.3 is 4.74 Å². The first-order valence-corrected chi connectivity index (χ1v) is 3.21. The molecule has 0 aliphatic rings. The van der Waals surface area contributed by atoms with Gasteiger partial charge in [0.2, 0.25) is 6.04 Å². The summed E-state index contributed by atoms with van der Waals surface area (Å²) in [6.07, 6.45) is -4.90. The third-order valence-electron chi connectivity index (χ3n) is 0.987. The number of esters is 1. The van der Waals surface area contributed by atoms with Crippen LogP contribution in [0.4, 0.5) is 13.2 Å². The first kappa shape index (κ1) is 11.6. The van der Waals surface area contributed by atoms with Gasteiger partial charge in [0, 0.05) is 4.91 Å². The predicted octanol–water partition coefficient (Wildman–Crippen LogP) is 1.79. The van der Waals surface area contributed by atoms with Gasteiger partial charge in [0.1, 0.15) is 0 Å². The zero-order chi connectivity index (χ0) is 10.5. The minimum Gasteiger partial charge on any atom is -0.465 e. The van der Waals surface area contributed by atoms with Crippen LogP contribution >= 0.6 is 0 Å². The number of carbonyl (C=O) groups is 1. The Morgan fingerprint density at radius 2 is 2.23 bits per heavy atom. The summed E-state index contributed by atoms with van der Waals surface area (Å²) in [7, 11) is 0. The van der Waals surface area contributed by atoms with Crippen molar-refractivity contribution in [2.24, 2.45) is 5.11 Å². The minimum absolute atomic E-state index is 0.202. The maximum absolute atomic E-state index is 11.9. The molecule has 1 unspecified atom stereocenters. The lowest BCUT2D eigenvalue weighted by molar-refractivity contribution is -0.178. The van der Waals surface area contributed by atoms with Crippen molar-refractivity contribution in [2.45, 2.75) is 19.1 Å². The van der Waals surface area contributed by atoms with Crippen LogP contribution in [0.15, 0.2) is 5.11 Å². The molecular weight excluding hydrogens is 191 g/mol. The highest BCUT2D eigenvalue weighted by Gasteiger charge is 2.45. The average molecular weight is 197 g/mol. The lowest BCUT2D eigenvalue weighted by atomic mass is 10.3. The number of nitrogens with zero attached hydrogens (tertiary/aromatic N) is 3. The van der Waals surface area contributed by atoms with E-state index in [0.29, 0.717) is 0 Å². The van der Waals surface area contributed by atoms with Crippen LogP contribution in [-0.2, 0) is 9.53 Å². The summed E-state index contributed by atoms with van der Waals surface area (Å²) in [5.74, 6) is -1.59. The van der Waals surface area contributed by atoms with E-state index in [9.17, 15) is 18.0 Å². The molecule has 74 valence electrons. The summed E-state index contributed by atoms with van der Waals surface area (Å²) in [6.45, 7) is 1.15. The fraction of sp³-hybridized carbons (Fsp3) is 0.800. The van der Waals surface area contributed by atoms with Crippen LogP contribution in [0.3, 0.4) is 0 Å². The van der Waals surface area contributed by atoms with Gasteiger partial charge >= 0.3 is 12.1 Å². The van der Waals surface area contributed by atoms with Gasteiger partial charge in [-0.3, -0.25) is 4.79 Å². The van der Waals surface area contributed by atoms with Crippen molar-refractivity contribution >= 4 is 5.97 Å². The molecule has 8 heteroatoms. The molecule has 0 fully saturated rings. The predicted molar refractivity (Wildman–Crippen MR) is 35.6 cm³/mol. The zero-order valence-corrected chi connectivity index (χ0v) is 6.58. The van der Waals surface area contributed by atoms with Gasteiger partial charge in [0.15, 0.2) is 0 Å². The molecule has 0 heterocycles. The molecule has 0 aliphatic carbocycles. The van der Waals surface area contributed by atoms with Gasteiger partial charge in [-0.25, -0.2) is 0 Å². The van der Waals surface area contributed by atoms with E-state index in [2.05, 4.69) is 9.85 Å².